The van der Waals surface area contributed by atoms with Crippen LogP contribution in [0.15, 0.2) is 59.9 Å². The second-order valence-electron chi connectivity index (χ2n) is 8.17. The first-order valence-electron chi connectivity index (χ1n) is 11.2. The number of nitriles is 1. The van der Waals surface area contributed by atoms with E-state index in [9.17, 15) is 4.79 Å². The van der Waals surface area contributed by atoms with E-state index in [-0.39, 0.29) is 17.8 Å². The van der Waals surface area contributed by atoms with Gasteiger partial charge in [-0.3, -0.25) is 9.36 Å². The van der Waals surface area contributed by atoms with Crippen molar-refractivity contribution in [3.05, 3.63) is 60.3 Å². The molecule has 0 spiro atoms. The van der Waals surface area contributed by atoms with Crippen LogP contribution in [0.5, 0.6) is 0 Å². The van der Waals surface area contributed by atoms with E-state index in [0.717, 1.165) is 47.3 Å². The number of aromatic amines is 1. The lowest BCUT2D eigenvalue weighted by Gasteiger charge is -2.14. The second-order valence-corrected chi connectivity index (χ2v) is 9.11. The number of carbonyl (C=O) groups is 1. The van der Waals surface area contributed by atoms with Crippen LogP contribution in [0.4, 0.5) is 5.69 Å². The number of para-hydroxylation sites is 1. The zero-order chi connectivity index (χ0) is 23.3. The minimum absolute atomic E-state index is 0.111. The van der Waals surface area contributed by atoms with Gasteiger partial charge in [-0.05, 0) is 36.6 Å². The predicted molar refractivity (Wildman–Crippen MR) is 131 cm³/mol. The Morgan fingerprint density at radius 3 is 2.88 bits per heavy atom. The molecule has 9 heteroatoms. The van der Waals surface area contributed by atoms with Gasteiger partial charge < -0.3 is 15.0 Å². The van der Waals surface area contributed by atoms with E-state index in [4.69, 9.17) is 10.00 Å². The Labute approximate surface area is 201 Å². The number of nitrogens with one attached hydrogen (secondary N) is 2. The number of hydrogen-bond acceptors (Lipinski definition) is 6. The van der Waals surface area contributed by atoms with Gasteiger partial charge in [-0.1, -0.05) is 42.1 Å². The molecule has 0 saturated carbocycles. The summed E-state index contributed by atoms with van der Waals surface area (Å²) in [5.74, 6) is 0.847. The number of thioether (sulfide) groups is 1. The summed E-state index contributed by atoms with van der Waals surface area (Å²) in [6.07, 6.45) is 4.46. The van der Waals surface area contributed by atoms with Gasteiger partial charge in [0.15, 0.2) is 11.0 Å². The molecule has 1 saturated heterocycles. The topological polar surface area (TPSA) is 109 Å². The van der Waals surface area contributed by atoms with Crippen LogP contribution in [0.25, 0.3) is 22.3 Å². The molecule has 1 aliphatic rings. The van der Waals surface area contributed by atoms with Crippen LogP contribution in [0.3, 0.4) is 0 Å². The highest BCUT2D eigenvalue weighted by Gasteiger charge is 2.23. The Kier molecular flexibility index (Phi) is 6.60. The summed E-state index contributed by atoms with van der Waals surface area (Å²) in [6, 6.07) is 17.5. The first-order valence-corrected chi connectivity index (χ1v) is 12.2. The normalized spacial score (nSPS) is 15.4. The minimum Gasteiger partial charge on any atom is -0.376 e. The van der Waals surface area contributed by atoms with Gasteiger partial charge in [0.2, 0.25) is 5.91 Å². The summed E-state index contributed by atoms with van der Waals surface area (Å²) in [5.41, 5.74) is 3.64. The average molecular weight is 473 g/mol. The lowest BCUT2D eigenvalue weighted by molar-refractivity contribution is -0.113. The van der Waals surface area contributed by atoms with Crippen molar-refractivity contribution in [1.29, 1.82) is 5.26 Å². The van der Waals surface area contributed by atoms with E-state index < -0.39 is 0 Å². The molecule has 2 aromatic heterocycles. The number of aromatic nitrogens is 4. The van der Waals surface area contributed by atoms with Gasteiger partial charge in [0.05, 0.1) is 30.9 Å². The van der Waals surface area contributed by atoms with Crippen molar-refractivity contribution in [2.24, 2.45) is 0 Å². The number of fused-ring (bicyclic) bond motifs is 1. The number of nitrogens with zero attached hydrogens (tertiary/aromatic N) is 4. The molecule has 34 heavy (non-hydrogen) atoms. The van der Waals surface area contributed by atoms with Crippen LogP contribution < -0.4 is 5.32 Å². The zero-order valence-corrected chi connectivity index (χ0v) is 19.3. The molecule has 3 heterocycles. The number of rotatable bonds is 8. The van der Waals surface area contributed by atoms with E-state index in [1.165, 1.54) is 11.8 Å². The van der Waals surface area contributed by atoms with Gasteiger partial charge in [0.1, 0.15) is 0 Å². The fourth-order valence-corrected chi connectivity index (χ4v) is 4.88. The Balaban J connectivity index is 1.33. The third-order valence-electron chi connectivity index (χ3n) is 5.81. The van der Waals surface area contributed by atoms with Gasteiger partial charge in [-0.2, -0.15) is 5.26 Å². The molecular formula is C25H24N6O2S. The number of amides is 1. The SMILES string of the molecule is N#CCc1ccc(NC(=O)CSc2nnc(-c3c[nH]c4ccccc34)n2CC2CCCO2)cc1. The summed E-state index contributed by atoms with van der Waals surface area (Å²) >= 11 is 1.36. The minimum atomic E-state index is -0.127. The number of hydrogen-bond donors (Lipinski definition) is 2. The number of carbonyl (C=O) groups excluding carboxylic acids is 1. The molecule has 1 amide bonds. The lowest BCUT2D eigenvalue weighted by atomic mass is 10.1. The van der Waals surface area contributed by atoms with Crippen molar-refractivity contribution in [3.63, 3.8) is 0 Å². The molecule has 0 radical (unpaired) electrons. The molecule has 8 nitrogen and oxygen atoms in total. The molecular weight excluding hydrogens is 448 g/mol. The second kappa shape index (κ2) is 10.1. The molecule has 4 aromatic rings. The molecule has 2 aromatic carbocycles. The van der Waals surface area contributed by atoms with E-state index in [2.05, 4.69) is 37.2 Å². The number of ether oxygens (including phenoxy) is 1. The van der Waals surface area contributed by atoms with Crippen LogP contribution in [-0.2, 0) is 22.5 Å². The van der Waals surface area contributed by atoms with E-state index in [0.29, 0.717) is 23.8 Å². The maximum absolute atomic E-state index is 12.6. The third-order valence-corrected chi connectivity index (χ3v) is 6.78. The van der Waals surface area contributed by atoms with E-state index in [1.54, 1.807) is 0 Å². The maximum Gasteiger partial charge on any atom is 0.234 e. The molecule has 5 rings (SSSR count). The van der Waals surface area contributed by atoms with Crippen molar-refractivity contribution >= 4 is 34.3 Å². The van der Waals surface area contributed by atoms with Crippen LogP contribution in [-0.4, -0.2) is 44.1 Å². The van der Waals surface area contributed by atoms with Crippen LogP contribution >= 0.6 is 11.8 Å². The van der Waals surface area contributed by atoms with Crippen molar-refractivity contribution in [2.45, 2.75) is 37.1 Å². The monoisotopic (exact) mass is 472 g/mol. The Hall–Kier alpha value is -3.61. The molecule has 172 valence electrons. The smallest absolute Gasteiger partial charge is 0.234 e. The first kappa shape index (κ1) is 22.2. The van der Waals surface area contributed by atoms with Gasteiger partial charge in [0.25, 0.3) is 0 Å². The van der Waals surface area contributed by atoms with Gasteiger partial charge >= 0.3 is 0 Å². The van der Waals surface area contributed by atoms with Crippen molar-refractivity contribution in [1.82, 2.24) is 19.7 Å². The largest absolute Gasteiger partial charge is 0.376 e. The summed E-state index contributed by atoms with van der Waals surface area (Å²) in [5, 5.41) is 22.4. The summed E-state index contributed by atoms with van der Waals surface area (Å²) < 4.78 is 7.95. The predicted octanol–water partition coefficient (Wildman–Crippen LogP) is 4.40. The molecule has 0 aliphatic carbocycles. The third kappa shape index (κ3) is 4.83. The average Bonchev–Trinajstić information content (AvgIpc) is 3.60. The summed E-state index contributed by atoms with van der Waals surface area (Å²) in [7, 11) is 0. The van der Waals surface area contributed by atoms with Crippen molar-refractivity contribution in [2.75, 3.05) is 17.7 Å². The fraction of sp³-hybridized carbons (Fsp3) is 0.280. The van der Waals surface area contributed by atoms with Crippen molar-refractivity contribution < 1.29 is 9.53 Å². The Morgan fingerprint density at radius 1 is 1.24 bits per heavy atom. The highest BCUT2D eigenvalue weighted by molar-refractivity contribution is 7.99. The maximum atomic E-state index is 12.6. The lowest BCUT2D eigenvalue weighted by Crippen LogP contribution is -2.18. The first-order chi connectivity index (χ1) is 16.7. The zero-order valence-electron chi connectivity index (χ0n) is 18.5. The van der Waals surface area contributed by atoms with Crippen LogP contribution in [0, 0.1) is 11.3 Å². The van der Waals surface area contributed by atoms with Crippen LogP contribution in [0.2, 0.25) is 0 Å². The van der Waals surface area contributed by atoms with E-state index in [1.807, 2.05) is 48.7 Å². The Bertz CT molecular complexity index is 1330. The van der Waals surface area contributed by atoms with Gasteiger partial charge in [-0.25, -0.2) is 0 Å². The molecule has 1 unspecified atom stereocenters. The highest BCUT2D eigenvalue weighted by atomic mass is 32.2. The summed E-state index contributed by atoms with van der Waals surface area (Å²) in [6.45, 7) is 1.42. The summed E-state index contributed by atoms with van der Waals surface area (Å²) in [4.78, 5) is 15.9. The van der Waals surface area contributed by atoms with Gasteiger partial charge in [-0.15, -0.1) is 10.2 Å². The number of benzene rings is 2. The molecule has 1 aliphatic heterocycles. The van der Waals surface area contributed by atoms with Crippen LogP contribution in [0.1, 0.15) is 18.4 Å². The van der Waals surface area contributed by atoms with E-state index >= 15 is 0 Å². The quantitative estimate of drug-likeness (QED) is 0.368. The molecule has 0 bridgehead atoms. The molecule has 1 fully saturated rings. The number of anilines is 1. The fourth-order valence-electron chi connectivity index (χ4n) is 4.13. The number of H-pyrrole nitrogens is 1. The standard InChI is InChI=1S/C25H24N6O2S/c26-12-11-17-7-9-18(10-8-17)28-23(32)16-34-25-30-29-24(31(25)15-19-4-3-13-33-19)21-14-27-22-6-2-1-5-20(21)22/h1-2,5-10,14,19,27H,3-4,11,13,15-16H2,(H,28,32). The van der Waals surface area contributed by atoms with Crippen molar-refractivity contribution in [3.8, 4) is 17.5 Å². The highest BCUT2D eigenvalue weighted by Crippen LogP contribution is 2.31. The van der Waals surface area contributed by atoms with Gasteiger partial charge in [0, 0.05) is 35.0 Å². The molecule has 1 atom stereocenters. The molecule has 2 N–H and O–H groups in total. The Morgan fingerprint density at radius 2 is 2.09 bits per heavy atom.